The lowest BCUT2D eigenvalue weighted by atomic mass is 10.1. The number of rotatable bonds is 5. The monoisotopic (exact) mass is 317 g/mol. The number of hydrazine groups is 1. The van der Waals surface area contributed by atoms with Gasteiger partial charge < -0.3 is 5.32 Å². The number of benzene rings is 2. The molecule has 2 aromatic carbocycles. The summed E-state index contributed by atoms with van der Waals surface area (Å²) >= 11 is 0. The van der Waals surface area contributed by atoms with Gasteiger partial charge in [-0.05, 0) is 29.3 Å². The predicted octanol–water partition coefficient (Wildman–Crippen LogP) is 3.64. The Labute approximate surface area is 141 Å². The molecule has 4 N–H and O–H groups in total. The maximum absolute atomic E-state index is 8.03. The number of anilines is 2. The number of hydrogen-bond donors (Lipinski definition) is 4. The molecule has 5 nitrogen and oxygen atoms in total. The Morgan fingerprint density at radius 3 is 2.33 bits per heavy atom. The van der Waals surface area contributed by atoms with Gasteiger partial charge in [0.2, 0.25) is 5.96 Å². The van der Waals surface area contributed by atoms with Crippen molar-refractivity contribution in [3.8, 4) is 0 Å². The minimum atomic E-state index is 0.131. The molecule has 0 fully saturated rings. The molecule has 0 atom stereocenters. The van der Waals surface area contributed by atoms with Crippen molar-refractivity contribution in [1.29, 1.82) is 5.41 Å². The topological polar surface area (TPSA) is 72.8 Å². The van der Waals surface area contributed by atoms with Crippen LogP contribution in [-0.4, -0.2) is 10.9 Å². The second kappa shape index (κ2) is 7.78. The molecule has 5 heteroatoms. The lowest BCUT2D eigenvalue weighted by Crippen LogP contribution is -2.34. The van der Waals surface area contributed by atoms with Crippen LogP contribution in [0.5, 0.6) is 0 Å². The molecule has 120 valence electrons. The molecule has 0 amide bonds. The molecule has 0 saturated heterocycles. The molecule has 3 rings (SSSR count). The van der Waals surface area contributed by atoms with Gasteiger partial charge in [-0.15, -0.1) is 0 Å². The molecule has 1 aromatic heterocycles. The van der Waals surface area contributed by atoms with E-state index in [1.54, 1.807) is 6.20 Å². The average Bonchev–Trinajstić information content (AvgIpc) is 2.63. The molecule has 0 bridgehead atoms. The Kier molecular flexibility index (Phi) is 5.04. The van der Waals surface area contributed by atoms with E-state index in [-0.39, 0.29) is 5.96 Å². The van der Waals surface area contributed by atoms with E-state index in [0.29, 0.717) is 5.82 Å². The lowest BCUT2D eigenvalue weighted by Gasteiger charge is -2.14. The summed E-state index contributed by atoms with van der Waals surface area (Å²) in [6.07, 6.45) is 2.48. The van der Waals surface area contributed by atoms with Gasteiger partial charge in [-0.3, -0.25) is 16.3 Å². The third-order valence-electron chi connectivity index (χ3n) is 3.48. The summed E-state index contributed by atoms with van der Waals surface area (Å²) in [5.74, 6) is 0.806. The minimum absolute atomic E-state index is 0.131. The molecule has 0 radical (unpaired) electrons. The molecule has 1 heterocycles. The number of guanidine groups is 1. The summed E-state index contributed by atoms with van der Waals surface area (Å²) in [5.41, 5.74) is 8.91. The number of pyridine rings is 1. The van der Waals surface area contributed by atoms with Gasteiger partial charge in [0.15, 0.2) is 0 Å². The first-order valence-electron chi connectivity index (χ1n) is 7.72. The molecule has 0 aliphatic carbocycles. The van der Waals surface area contributed by atoms with E-state index in [1.165, 1.54) is 5.56 Å². The first-order chi connectivity index (χ1) is 11.8. The number of nitrogens with one attached hydrogen (secondary N) is 4. The maximum atomic E-state index is 8.03. The van der Waals surface area contributed by atoms with Crippen LogP contribution in [-0.2, 0) is 6.42 Å². The van der Waals surface area contributed by atoms with Crippen LogP contribution in [0.4, 0.5) is 11.5 Å². The Balaban J connectivity index is 1.63. The van der Waals surface area contributed by atoms with Crippen LogP contribution in [0.1, 0.15) is 11.1 Å². The number of aromatic nitrogens is 1. The van der Waals surface area contributed by atoms with E-state index in [4.69, 9.17) is 5.41 Å². The normalized spacial score (nSPS) is 10.0. The zero-order valence-electron chi connectivity index (χ0n) is 13.2. The standard InChI is InChI=1S/C19H19N5/c20-19(24-23-17-11-5-2-6-12-17)22-18-16(10-7-13-21-18)14-15-8-3-1-4-9-15/h1-13,23H,14H2,(H3,20,21,22,24). The Hall–Kier alpha value is -3.34. The van der Waals surface area contributed by atoms with Gasteiger partial charge in [0.25, 0.3) is 0 Å². The maximum Gasteiger partial charge on any atom is 0.213 e. The predicted molar refractivity (Wildman–Crippen MR) is 98.0 cm³/mol. The zero-order valence-corrected chi connectivity index (χ0v) is 13.2. The van der Waals surface area contributed by atoms with E-state index in [0.717, 1.165) is 17.7 Å². The van der Waals surface area contributed by atoms with Crippen molar-refractivity contribution in [2.45, 2.75) is 6.42 Å². The fourth-order valence-electron chi connectivity index (χ4n) is 2.32. The van der Waals surface area contributed by atoms with Crippen LogP contribution < -0.4 is 16.2 Å². The fraction of sp³-hybridized carbons (Fsp3) is 0.0526. The van der Waals surface area contributed by atoms with Gasteiger partial charge in [0, 0.05) is 12.6 Å². The largest absolute Gasteiger partial charge is 0.310 e. The molecular formula is C19H19N5. The summed E-state index contributed by atoms with van der Waals surface area (Å²) in [6, 6.07) is 23.8. The van der Waals surface area contributed by atoms with Crippen LogP contribution in [0, 0.1) is 5.41 Å². The van der Waals surface area contributed by atoms with Crippen molar-refractivity contribution in [2.24, 2.45) is 0 Å². The third kappa shape index (κ3) is 4.33. The van der Waals surface area contributed by atoms with E-state index >= 15 is 0 Å². The van der Waals surface area contributed by atoms with Gasteiger partial charge in [0.05, 0.1) is 5.69 Å². The summed E-state index contributed by atoms with van der Waals surface area (Å²) < 4.78 is 0. The van der Waals surface area contributed by atoms with Crippen molar-refractivity contribution in [1.82, 2.24) is 10.4 Å². The summed E-state index contributed by atoms with van der Waals surface area (Å²) in [7, 11) is 0. The van der Waals surface area contributed by atoms with Gasteiger partial charge in [-0.1, -0.05) is 54.6 Å². The van der Waals surface area contributed by atoms with Gasteiger partial charge in [0.1, 0.15) is 5.82 Å². The Morgan fingerprint density at radius 2 is 1.58 bits per heavy atom. The summed E-state index contributed by atoms with van der Waals surface area (Å²) in [5, 5.41) is 11.0. The van der Waals surface area contributed by atoms with E-state index in [2.05, 4.69) is 33.3 Å². The first kappa shape index (κ1) is 15.6. The summed E-state index contributed by atoms with van der Waals surface area (Å²) in [4.78, 5) is 4.35. The highest BCUT2D eigenvalue weighted by Gasteiger charge is 2.06. The molecule has 24 heavy (non-hydrogen) atoms. The molecular weight excluding hydrogens is 298 g/mol. The van der Waals surface area contributed by atoms with Crippen molar-refractivity contribution in [3.05, 3.63) is 90.1 Å². The van der Waals surface area contributed by atoms with Crippen LogP contribution in [0.3, 0.4) is 0 Å². The lowest BCUT2D eigenvalue weighted by molar-refractivity contribution is 1.07. The van der Waals surface area contributed by atoms with Crippen LogP contribution in [0.25, 0.3) is 0 Å². The van der Waals surface area contributed by atoms with Gasteiger partial charge >= 0.3 is 0 Å². The second-order valence-electron chi connectivity index (χ2n) is 5.29. The average molecular weight is 317 g/mol. The zero-order chi connectivity index (χ0) is 16.6. The Bertz CT molecular complexity index is 787. The molecule has 0 saturated carbocycles. The Morgan fingerprint density at radius 1 is 0.875 bits per heavy atom. The van der Waals surface area contributed by atoms with Crippen LogP contribution >= 0.6 is 0 Å². The van der Waals surface area contributed by atoms with Crippen LogP contribution in [0.15, 0.2) is 79.0 Å². The fourth-order valence-corrected chi connectivity index (χ4v) is 2.32. The SMILES string of the molecule is N=C(NNc1ccccc1)Nc1ncccc1Cc1ccccc1. The molecule has 0 aliphatic heterocycles. The van der Waals surface area contributed by atoms with Crippen molar-refractivity contribution < 1.29 is 0 Å². The van der Waals surface area contributed by atoms with E-state index in [9.17, 15) is 0 Å². The van der Waals surface area contributed by atoms with Crippen molar-refractivity contribution in [3.63, 3.8) is 0 Å². The smallest absolute Gasteiger partial charge is 0.213 e. The quantitative estimate of drug-likeness (QED) is 0.329. The highest BCUT2D eigenvalue weighted by Crippen LogP contribution is 2.16. The van der Waals surface area contributed by atoms with Crippen LogP contribution in [0.2, 0.25) is 0 Å². The first-order valence-corrected chi connectivity index (χ1v) is 7.72. The molecule has 3 aromatic rings. The van der Waals surface area contributed by atoms with Crippen molar-refractivity contribution >= 4 is 17.5 Å². The molecule has 0 aliphatic rings. The van der Waals surface area contributed by atoms with E-state index < -0.39 is 0 Å². The van der Waals surface area contributed by atoms with E-state index in [1.807, 2.05) is 60.7 Å². The molecule has 0 spiro atoms. The van der Waals surface area contributed by atoms with Gasteiger partial charge in [-0.2, -0.15) is 0 Å². The van der Waals surface area contributed by atoms with Gasteiger partial charge in [-0.25, -0.2) is 4.98 Å². The van der Waals surface area contributed by atoms with Crippen molar-refractivity contribution in [2.75, 3.05) is 10.7 Å². The number of hydrogen-bond acceptors (Lipinski definition) is 3. The highest BCUT2D eigenvalue weighted by atomic mass is 15.4. The third-order valence-corrected chi connectivity index (χ3v) is 3.48. The molecule has 0 unspecified atom stereocenters. The summed E-state index contributed by atoms with van der Waals surface area (Å²) in [6.45, 7) is 0. The number of nitrogens with zero attached hydrogens (tertiary/aromatic N) is 1. The number of para-hydroxylation sites is 1. The minimum Gasteiger partial charge on any atom is -0.310 e. The second-order valence-corrected chi connectivity index (χ2v) is 5.29. The highest BCUT2D eigenvalue weighted by molar-refractivity contribution is 5.91.